The van der Waals surface area contributed by atoms with E-state index < -0.39 is 5.41 Å². The summed E-state index contributed by atoms with van der Waals surface area (Å²) in [6, 6.07) is 11.8. The van der Waals surface area contributed by atoms with Gasteiger partial charge in [0.1, 0.15) is 5.82 Å². The van der Waals surface area contributed by atoms with E-state index >= 15 is 0 Å². The van der Waals surface area contributed by atoms with E-state index in [2.05, 4.69) is 0 Å². The monoisotopic (exact) mass is 364 g/mol. The molecule has 0 nitrogen and oxygen atoms in total. The number of hydrogen-bond acceptors (Lipinski definition) is 0. The van der Waals surface area contributed by atoms with Crippen LogP contribution in [0.25, 0.3) is 0 Å². The van der Waals surface area contributed by atoms with Crippen LogP contribution in [0.3, 0.4) is 0 Å². The first-order valence-electron chi connectivity index (χ1n) is 6.33. The van der Waals surface area contributed by atoms with E-state index in [0.717, 1.165) is 5.56 Å². The predicted molar refractivity (Wildman–Crippen MR) is 89.7 cm³/mol. The predicted octanol–water partition coefficient (Wildman–Crippen LogP) is 6.09. The Morgan fingerprint density at radius 2 is 1.43 bits per heavy atom. The summed E-state index contributed by atoms with van der Waals surface area (Å²) in [6.45, 7) is 0. The zero-order valence-electron chi connectivity index (χ0n) is 11.1. The lowest BCUT2D eigenvalue weighted by Gasteiger charge is -2.30. The Labute approximate surface area is 143 Å². The van der Waals surface area contributed by atoms with E-state index in [9.17, 15) is 4.39 Å². The number of rotatable bonds is 5. The molecule has 0 amide bonds. The summed E-state index contributed by atoms with van der Waals surface area (Å²) >= 11 is 24.2. The van der Waals surface area contributed by atoms with Gasteiger partial charge in [-0.1, -0.05) is 35.3 Å². The third-order valence-corrected chi connectivity index (χ3v) is 5.02. The number of benzene rings is 2. The number of hydrogen-bond donors (Lipinski definition) is 0. The maximum absolute atomic E-state index is 14.0. The van der Waals surface area contributed by atoms with E-state index in [4.69, 9.17) is 46.4 Å². The fourth-order valence-electron chi connectivity index (χ4n) is 2.23. The minimum absolute atomic E-state index is 0.268. The van der Waals surface area contributed by atoms with Crippen LogP contribution >= 0.6 is 46.4 Å². The second kappa shape index (κ2) is 7.19. The molecule has 112 valence electrons. The van der Waals surface area contributed by atoms with Crippen molar-refractivity contribution in [3.8, 4) is 0 Å². The first kappa shape index (κ1) is 16.9. The second-order valence-corrected chi connectivity index (χ2v) is 6.37. The minimum Gasteiger partial charge on any atom is -0.207 e. The second-order valence-electron chi connectivity index (χ2n) is 4.97. The summed E-state index contributed by atoms with van der Waals surface area (Å²) in [5.41, 5.74) is 0.856. The molecule has 0 aliphatic carbocycles. The summed E-state index contributed by atoms with van der Waals surface area (Å²) in [7, 11) is 0. The Morgan fingerprint density at radius 1 is 0.857 bits per heavy atom. The van der Waals surface area contributed by atoms with Gasteiger partial charge in [0, 0.05) is 27.2 Å². The number of alkyl halides is 2. The highest BCUT2D eigenvalue weighted by Crippen LogP contribution is 2.33. The fourth-order valence-corrected chi connectivity index (χ4v) is 3.34. The molecule has 0 saturated carbocycles. The van der Waals surface area contributed by atoms with Crippen molar-refractivity contribution in [3.63, 3.8) is 0 Å². The van der Waals surface area contributed by atoms with Crippen LogP contribution < -0.4 is 0 Å². The van der Waals surface area contributed by atoms with Crippen molar-refractivity contribution in [1.82, 2.24) is 0 Å². The van der Waals surface area contributed by atoms with E-state index in [1.54, 1.807) is 18.2 Å². The molecule has 0 radical (unpaired) electrons. The molecule has 0 unspecified atom stereocenters. The average Bonchev–Trinajstić information content (AvgIpc) is 2.49. The van der Waals surface area contributed by atoms with Gasteiger partial charge < -0.3 is 0 Å². The third-order valence-electron chi connectivity index (χ3n) is 3.50. The highest BCUT2D eigenvalue weighted by Gasteiger charge is 2.32. The summed E-state index contributed by atoms with van der Waals surface area (Å²) in [6.07, 6.45) is 0.369. The fraction of sp³-hybridized carbons (Fsp3) is 0.250. The van der Waals surface area contributed by atoms with Gasteiger partial charge in [0.2, 0.25) is 0 Å². The van der Waals surface area contributed by atoms with Gasteiger partial charge in [0.05, 0.1) is 0 Å². The lowest BCUT2D eigenvalue weighted by Crippen LogP contribution is -2.33. The van der Waals surface area contributed by atoms with Gasteiger partial charge in [-0.05, 0) is 47.9 Å². The Balaban J connectivity index is 2.42. The normalized spacial score (nSPS) is 11.7. The van der Waals surface area contributed by atoms with Gasteiger partial charge in [-0.2, -0.15) is 0 Å². The summed E-state index contributed by atoms with van der Waals surface area (Å²) in [5, 5.41) is 1.12. The van der Waals surface area contributed by atoms with Gasteiger partial charge in [-0.3, -0.25) is 0 Å². The average molecular weight is 366 g/mol. The van der Waals surface area contributed by atoms with Crippen LogP contribution in [0.4, 0.5) is 4.39 Å². The van der Waals surface area contributed by atoms with Crippen LogP contribution in [0.2, 0.25) is 10.0 Å². The van der Waals surface area contributed by atoms with Crippen LogP contribution in [0.1, 0.15) is 11.1 Å². The molecule has 0 aliphatic heterocycles. The first-order chi connectivity index (χ1) is 10.0. The van der Waals surface area contributed by atoms with E-state index in [0.29, 0.717) is 22.0 Å². The summed E-state index contributed by atoms with van der Waals surface area (Å²) < 4.78 is 14.0. The Kier molecular flexibility index (Phi) is 5.79. The largest absolute Gasteiger partial charge is 0.207 e. The molecule has 0 N–H and O–H groups in total. The van der Waals surface area contributed by atoms with Gasteiger partial charge in [0.15, 0.2) is 0 Å². The first-order valence-corrected chi connectivity index (χ1v) is 8.15. The summed E-state index contributed by atoms with van der Waals surface area (Å²) in [4.78, 5) is 0. The smallest absolute Gasteiger partial charge is 0.126 e. The number of halogens is 5. The van der Waals surface area contributed by atoms with E-state index in [1.165, 1.54) is 12.1 Å². The van der Waals surface area contributed by atoms with E-state index in [1.807, 2.05) is 12.1 Å². The molecule has 2 aromatic rings. The molecule has 0 aromatic heterocycles. The molecule has 0 atom stereocenters. The molecule has 21 heavy (non-hydrogen) atoms. The summed E-state index contributed by atoms with van der Waals surface area (Å²) in [5.74, 6) is 0.224. The molecule has 0 fully saturated rings. The van der Waals surface area contributed by atoms with Gasteiger partial charge >= 0.3 is 0 Å². The van der Waals surface area contributed by atoms with Crippen molar-refractivity contribution in [2.75, 3.05) is 11.8 Å². The van der Waals surface area contributed by atoms with Gasteiger partial charge in [-0.15, -0.1) is 23.2 Å². The highest BCUT2D eigenvalue weighted by molar-refractivity contribution is 6.31. The molecule has 2 aromatic carbocycles. The molecule has 0 aliphatic rings. The van der Waals surface area contributed by atoms with Crippen molar-refractivity contribution in [2.24, 2.45) is 0 Å². The minimum atomic E-state index is -0.570. The lowest BCUT2D eigenvalue weighted by atomic mass is 9.78. The maximum Gasteiger partial charge on any atom is 0.126 e. The van der Waals surface area contributed by atoms with Crippen molar-refractivity contribution in [3.05, 3.63) is 69.5 Å². The standard InChI is InChI=1S/C16H13Cl4F/c17-9-16(10-18,12-1-3-13(19)4-2-12)8-11-7-14(20)5-6-15(11)21/h1-7H,8-10H2. The van der Waals surface area contributed by atoms with Gasteiger partial charge in [-0.25, -0.2) is 4.39 Å². The zero-order valence-corrected chi connectivity index (χ0v) is 14.1. The molecule has 0 bridgehead atoms. The van der Waals surface area contributed by atoms with Crippen LogP contribution in [-0.4, -0.2) is 11.8 Å². The maximum atomic E-state index is 14.0. The van der Waals surface area contributed by atoms with Crippen molar-refractivity contribution < 1.29 is 4.39 Å². The molecule has 2 rings (SSSR count). The van der Waals surface area contributed by atoms with Crippen molar-refractivity contribution >= 4 is 46.4 Å². The molecular formula is C16H13Cl4F. The third kappa shape index (κ3) is 3.84. The Morgan fingerprint density at radius 3 is 2.00 bits per heavy atom. The molecule has 0 saturated heterocycles. The molecule has 0 spiro atoms. The van der Waals surface area contributed by atoms with E-state index in [-0.39, 0.29) is 17.6 Å². The topological polar surface area (TPSA) is 0 Å². The zero-order chi connectivity index (χ0) is 15.5. The van der Waals surface area contributed by atoms with Crippen LogP contribution in [-0.2, 0) is 11.8 Å². The highest BCUT2D eigenvalue weighted by atomic mass is 35.5. The van der Waals surface area contributed by atoms with Crippen molar-refractivity contribution in [2.45, 2.75) is 11.8 Å². The SMILES string of the molecule is Fc1ccc(Cl)cc1CC(CCl)(CCl)c1ccc(Cl)cc1. The van der Waals surface area contributed by atoms with Crippen LogP contribution in [0, 0.1) is 5.82 Å². The van der Waals surface area contributed by atoms with Crippen molar-refractivity contribution in [1.29, 1.82) is 0 Å². The lowest BCUT2D eigenvalue weighted by molar-refractivity contribution is 0.512. The van der Waals surface area contributed by atoms with Crippen LogP contribution in [0.15, 0.2) is 42.5 Å². The Bertz CT molecular complexity index is 606. The molecular weight excluding hydrogens is 353 g/mol. The quantitative estimate of drug-likeness (QED) is 0.562. The Hall–Kier alpha value is -0.470. The van der Waals surface area contributed by atoms with Gasteiger partial charge in [0.25, 0.3) is 0 Å². The van der Waals surface area contributed by atoms with Crippen LogP contribution in [0.5, 0.6) is 0 Å². The molecule has 0 heterocycles. The molecule has 5 heteroatoms.